The maximum atomic E-state index is 5.91. The molecular formula is C17H25NO. The number of ether oxygens (including phenoxy) is 1. The van der Waals surface area contributed by atoms with Crippen LogP contribution in [0.5, 0.6) is 0 Å². The van der Waals surface area contributed by atoms with Gasteiger partial charge < -0.3 is 10.1 Å². The molecule has 1 aliphatic heterocycles. The van der Waals surface area contributed by atoms with Crippen LogP contribution >= 0.6 is 0 Å². The van der Waals surface area contributed by atoms with E-state index in [4.69, 9.17) is 4.74 Å². The van der Waals surface area contributed by atoms with E-state index >= 15 is 0 Å². The van der Waals surface area contributed by atoms with Crippen LogP contribution in [0.2, 0.25) is 0 Å². The van der Waals surface area contributed by atoms with Gasteiger partial charge in [-0.1, -0.05) is 49.9 Å². The van der Waals surface area contributed by atoms with Gasteiger partial charge in [0.1, 0.15) is 0 Å². The van der Waals surface area contributed by atoms with Crippen molar-refractivity contribution in [2.24, 2.45) is 5.92 Å². The average molecular weight is 259 g/mol. The number of hydrogen-bond acceptors (Lipinski definition) is 2. The summed E-state index contributed by atoms with van der Waals surface area (Å²) in [7, 11) is 0. The molecule has 1 N–H and O–H groups in total. The summed E-state index contributed by atoms with van der Waals surface area (Å²) in [6.45, 7) is 2.97. The van der Waals surface area contributed by atoms with Crippen molar-refractivity contribution in [1.82, 2.24) is 5.32 Å². The van der Waals surface area contributed by atoms with E-state index in [9.17, 15) is 0 Å². The first-order valence-corrected chi connectivity index (χ1v) is 7.83. The molecule has 2 nitrogen and oxygen atoms in total. The Morgan fingerprint density at radius 1 is 1.16 bits per heavy atom. The molecule has 1 heterocycles. The van der Waals surface area contributed by atoms with Crippen molar-refractivity contribution in [3.05, 3.63) is 35.4 Å². The molecule has 1 aliphatic carbocycles. The molecule has 2 heteroatoms. The Morgan fingerprint density at radius 2 is 2.00 bits per heavy atom. The zero-order valence-corrected chi connectivity index (χ0v) is 11.7. The Bertz CT molecular complexity index is 398. The maximum absolute atomic E-state index is 5.91. The molecule has 1 fully saturated rings. The summed E-state index contributed by atoms with van der Waals surface area (Å²) in [5.74, 6) is 0.979. The van der Waals surface area contributed by atoms with E-state index in [0.717, 1.165) is 32.0 Å². The molecule has 0 aromatic heterocycles. The summed E-state index contributed by atoms with van der Waals surface area (Å²) in [6, 6.07) is 8.72. The largest absolute Gasteiger partial charge is 0.372 e. The quantitative estimate of drug-likeness (QED) is 0.818. The first-order chi connectivity index (χ1) is 9.43. The fraction of sp³-hybridized carbons (Fsp3) is 0.647. The van der Waals surface area contributed by atoms with Crippen LogP contribution in [-0.4, -0.2) is 19.7 Å². The van der Waals surface area contributed by atoms with Crippen LogP contribution in [0.25, 0.3) is 0 Å². The highest BCUT2D eigenvalue weighted by Crippen LogP contribution is 2.28. The molecule has 0 spiro atoms. The number of nitrogens with one attached hydrogen (secondary N) is 1. The number of hydrogen-bond donors (Lipinski definition) is 1. The number of benzene rings is 1. The van der Waals surface area contributed by atoms with Gasteiger partial charge in [0.25, 0.3) is 0 Å². The van der Waals surface area contributed by atoms with Crippen LogP contribution in [0.15, 0.2) is 24.3 Å². The monoisotopic (exact) mass is 259 g/mol. The highest BCUT2D eigenvalue weighted by atomic mass is 16.5. The topological polar surface area (TPSA) is 21.3 Å². The van der Waals surface area contributed by atoms with Gasteiger partial charge in [0.15, 0.2) is 0 Å². The van der Waals surface area contributed by atoms with Gasteiger partial charge in [-0.25, -0.2) is 0 Å². The van der Waals surface area contributed by atoms with Gasteiger partial charge in [-0.05, 0) is 36.4 Å². The second-order valence-corrected chi connectivity index (χ2v) is 5.95. The third kappa shape index (κ3) is 3.37. The van der Waals surface area contributed by atoms with E-state index in [0.29, 0.717) is 0 Å². The summed E-state index contributed by atoms with van der Waals surface area (Å²) < 4.78 is 5.91. The van der Waals surface area contributed by atoms with E-state index in [-0.39, 0.29) is 6.10 Å². The van der Waals surface area contributed by atoms with Crippen molar-refractivity contribution in [1.29, 1.82) is 0 Å². The molecule has 1 aromatic carbocycles. The Balaban J connectivity index is 1.45. The van der Waals surface area contributed by atoms with Crippen LogP contribution in [0.1, 0.15) is 49.3 Å². The Hall–Kier alpha value is -0.860. The Morgan fingerprint density at radius 3 is 2.89 bits per heavy atom. The molecule has 104 valence electrons. The predicted octanol–water partition coefficient (Wildman–Crippen LogP) is 3.47. The molecule has 0 bridgehead atoms. The van der Waals surface area contributed by atoms with Crippen LogP contribution in [0.4, 0.5) is 0 Å². The molecule has 19 heavy (non-hydrogen) atoms. The summed E-state index contributed by atoms with van der Waals surface area (Å²) >= 11 is 0. The summed E-state index contributed by atoms with van der Waals surface area (Å²) in [6.07, 6.45) is 8.46. The Labute approximate surface area is 116 Å². The zero-order valence-electron chi connectivity index (χ0n) is 11.7. The van der Waals surface area contributed by atoms with E-state index in [1.54, 1.807) is 0 Å². The van der Waals surface area contributed by atoms with Gasteiger partial charge in [0.2, 0.25) is 0 Å². The van der Waals surface area contributed by atoms with Crippen molar-refractivity contribution >= 4 is 0 Å². The van der Waals surface area contributed by atoms with Gasteiger partial charge in [-0.15, -0.1) is 0 Å². The standard InChI is InChI=1S/C17H25NO/c1-2-6-14(5-1)9-11-18-13-17-16-8-4-3-7-15(16)10-12-19-17/h3-4,7-8,14,17-18H,1-2,5-6,9-13H2. The summed E-state index contributed by atoms with van der Waals surface area (Å²) in [5, 5.41) is 3.60. The molecule has 0 radical (unpaired) electrons. The first-order valence-electron chi connectivity index (χ1n) is 7.83. The minimum Gasteiger partial charge on any atom is -0.372 e. The van der Waals surface area contributed by atoms with E-state index in [1.165, 1.54) is 43.2 Å². The lowest BCUT2D eigenvalue weighted by atomic mass is 9.97. The molecule has 1 aromatic rings. The third-order valence-electron chi connectivity index (χ3n) is 4.63. The lowest BCUT2D eigenvalue weighted by Crippen LogP contribution is -2.28. The van der Waals surface area contributed by atoms with Crippen molar-refractivity contribution in [3.63, 3.8) is 0 Å². The molecule has 3 rings (SSSR count). The number of fused-ring (bicyclic) bond motifs is 1. The smallest absolute Gasteiger partial charge is 0.0952 e. The van der Waals surface area contributed by atoms with Crippen molar-refractivity contribution in [2.45, 2.75) is 44.6 Å². The van der Waals surface area contributed by atoms with Crippen LogP contribution in [0.3, 0.4) is 0 Å². The summed E-state index contributed by atoms with van der Waals surface area (Å²) in [4.78, 5) is 0. The van der Waals surface area contributed by atoms with E-state index in [2.05, 4.69) is 29.6 Å². The predicted molar refractivity (Wildman–Crippen MR) is 78.3 cm³/mol. The van der Waals surface area contributed by atoms with Crippen molar-refractivity contribution < 1.29 is 4.74 Å². The molecule has 0 amide bonds. The normalized spacial score (nSPS) is 23.5. The molecule has 1 atom stereocenters. The lowest BCUT2D eigenvalue weighted by Gasteiger charge is -2.26. The van der Waals surface area contributed by atoms with Crippen LogP contribution < -0.4 is 5.32 Å². The fourth-order valence-electron chi connectivity index (χ4n) is 3.48. The lowest BCUT2D eigenvalue weighted by molar-refractivity contribution is 0.0424. The third-order valence-corrected chi connectivity index (χ3v) is 4.63. The Kier molecular flexibility index (Phi) is 4.52. The molecule has 1 saturated carbocycles. The second-order valence-electron chi connectivity index (χ2n) is 5.95. The van der Waals surface area contributed by atoms with E-state index in [1.807, 2.05) is 0 Å². The minimum absolute atomic E-state index is 0.258. The SMILES string of the molecule is c1ccc2c(c1)CCOC2CNCCC1CCCC1. The highest BCUT2D eigenvalue weighted by Gasteiger charge is 2.20. The molecular weight excluding hydrogens is 234 g/mol. The van der Waals surface area contributed by atoms with Gasteiger partial charge in [-0.2, -0.15) is 0 Å². The molecule has 0 saturated heterocycles. The maximum Gasteiger partial charge on any atom is 0.0952 e. The first kappa shape index (κ1) is 13.1. The average Bonchev–Trinajstić information content (AvgIpc) is 2.97. The van der Waals surface area contributed by atoms with Crippen LogP contribution in [-0.2, 0) is 11.2 Å². The van der Waals surface area contributed by atoms with Gasteiger partial charge in [0, 0.05) is 6.54 Å². The summed E-state index contributed by atoms with van der Waals surface area (Å²) in [5.41, 5.74) is 2.86. The van der Waals surface area contributed by atoms with E-state index < -0.39 is 0 Å². The zero-order chi connectivity index (χ0) is 12.9. The number of rotatable bonds is 5. The van der Waals surface area contributed by atoms with Crippen LogP contribution in [0, 0.1) is 5.92 Å². The van der Waals surface area contributed by atoms with Gasteiger partial charge in [0.05, 0.1) is 12.7 Å². The van der Waals surface area contributed by atoms with Crippen molar-refractivity contribution in [3.8, 4) is 0 Å². The molecule has 1 unspecified atom stereocenters. The van der Waals surface area contributed by atoms with Gasteiger partial charge in [-0.3, -0.25) is 0 Å². The fourth-order valence-corrected chi connectivity index (χ4v) is 3.48. The van der Waals surface area contributed by atoms with Crippen molar-refractivity contribution in [2.75, 3.05) is 19.7 Å². The molecule has 2 aliphatic rings. The highest BCUT2D eigenvalue weighted by molar-refractivity contribution is 5.31. The van der Waals surface area contributed by atoms with Gasteiger partial charge >= 0.3 is 0 Å². The minimum atomic E-state index is 0.258. The second kappa shape index (κ2) is 6.53.